The zero-order valence-electron chi connectivity index (χ0n) is 24.8. The van der Waals surface area contributed by atoms with E-state index < -0.39 is 28.5 Å². The zero-order chi connectivity index (χ0) is 30.2. The van der Waals surface area contributed by atoms with Gasteiger partial charge in [0.25, 0.3) is 10.0 Å². The Morgan fingerprint density at radius 3 is 2.15 bits per heavy atom. The standard InChI is InChI=1S/C32H41N3O5S/c1-7-30(32(37)33-20-23(2)3)34(21-26-10-8-9-25(5)19-26)31(36)22-35(27-13-11-24(4)12-14-27)41(38,39)29-17-15-28(40-6)16-18-29/h8-19,23,30H,7,20-22H2,1-6H3,(H,33,37)/t30-/m1/s1. The molecule has 0 aliphatic carbocycles. The first-order valence-corrected chi connectivity index (χ1v) is 15.3. The minimum Gasteiger partial charge on any atom is -0.497 e. The third-order valence-corrected chi connectivity index (χ3v) is 8.54. The number of carbonyl (C=O) groups is 2. The maximum atomic E-state index is 14.1. The lowest BCUT2D eigenvalue weighted by Crippen LogP contribution is -2.52. The van der Waals surface area contributed by atoms with Crippen LogP contribution in [0.3, 0.4) is 0 Å². The first-order valence-electron chi connectivity index (χ1n) is 13.8. The van der Waals surface area contributed by atoms with Crippen LogP contribution in [-0.2, 0) is 26.2 Å². The summed E-state index contributed by atoms with van der Waals surface area (Å²) in [5.74, 6) is 0.0197. The van der Waals surface area contributed by atoms with Crippen LogP contribution in [0.4, 0.5) is 5.69 Å². The van der Waals surface area contributed by atoms with Crippen molar-refractivity contribution < 1.29 is 22.7 Å². The smallest absolute Gasteiger partial charge is 0.264 e. The van der Waals surface area contributed by atoms with Crippen LogP contribution in [0, 0.1) is 19.8 Å². The van der Waals surface area contributed by atoms with Gasteiger partial charge in [0.1, 0.15) is 18.3 Å². The minimum atomic E-state index is -4.14. The fourth-order valence-corrected chi connectivity index (χ4v) is 5.88. The molecule has 41 heavy (non-hydrogen) atoms. The van der Waals surface area contributed by atoms with E-state index in [9.17, 15) is 18.0 Å². The number of anilines is 1. The van der Waals surface area contributed by atoms with Crippen molar-refractivity contribution in [3.05, 3.63) is 89.5 Å². The fourth-order valence-electron chi connectivity index (χ4n) is 4.46. The van der Waals surface area contributed by atoms with Gasteiger partial charge in [0, 0.05) is 13.1 Å². The molecule has 0 aliphatic heterocycles. The molecule has 0 spiro atoms. The van der Waals surface area contributed by atoms with Gasteiger partial charge < -0.3 is 15.0 Å². The highest BCUT2D eigenvalue weighted by Gasteiger charge is 2.33. The number of hydrogen-bond acceptors (Lipinski definition) is 5. The second kappa shape index (κ2) is 14.2. The Balaban J connectivity index is 2.04. The quantitative estimate of drug-likeness (QED) is 0.305. The maximum Gasteiger partial charge on any atom is 0.264 e. The summed E-state index contributed by atoms with van der Waals surface area (Å²) in [4.78, 5) is 29.0. The molecule has 0 radical (unpaired) electrons. The second-order valence-corrected chi connectivity index (χ2v) is 12.5. The Hall–Kier alpha value is -3.85. The molecule has 0 saturated carbocycles. The van der Waals surface area contributed by atoms with Gasteiger partial charge in [0.15, 0.2) is 0 Å². The summed E-state index contributed by atoms with van der Waals surface area (Å²) in [5.41, 5.74) is 3.19. The van der Waals surface area contributed by atoms with Crippen molar-refractivity contribution in [2.75, 3.05) is 24.5 Å². The largest absolute Gasteiger partial charge is 0.497 e. The molecule has 0 heterocycles. The predicted octanol–water partition coefficient (Wildman–Crippen LogP) is 5.09. The van der Waals surface area contributed by atoms with Gasteiger partial charge in [0.2, 0.25) is 11.8 Å². The molecular weight excluding hydrogens is 538 g/mol. The van der Waals surface area contributed by atoms with Gasteiger partial charge in [-0.25, -0.2) is 8.42 Å². The van der Waals surface area contributed by atoms with Crippen molar-refractivity contribution >= 4 is 27.5 Å². The highest BCUT2D eigenvalue weighted by Crippen LogP contribution is 2.26. The van der Waals surface area contributed by atoms with E-state index in [0.717, 1.165) is 21.0 Å². The third kappa shape index (κ3) is 8.33. The summed E-state index contributed by atoms with van der Waals surface area (Å²) in [6.45, 7) is 9.88. The van der Waals surface area contributed by atoms with Crippen LogP contribution in [0.1, 0.15) is 43.9 Å². The van der Waals surface area contributed by atoms with Gasteiger partial charge in [-0.3, -0.25) is 13.9 Å². The molecule has 0 fully saturated rings. The molecule has 0 aliphatic rings. The molecule has 9 heteroatoms. The molecule has 3 aromatic rings. The van der Waals surface area contributed by atoms with Gasteiger partial charge in [-0.2, -0.15) is 0 Å². The van der Waals surface area contributed by atoms with Crippen molar-refractivity contribution in [3.63, 3.8) is 0 Å². The summed E-state index contributed by atoms with van der Waals surface area (Å²) < 4.78 is 34.2. The Morgan fingerprint density at radius 1 is 0.927 bits per heavy atom. The molecule has 3 aromatic carbocycles. The fraction of sp³-hybridized carbons (Fsp3) is 0.375. The Morgan fingerprint density at radius 2 is 1.59 bits per heavy atom. The lowest BCUT2D eigenvalue weighted by Gasteiger charge is -2.33. The van der Waals surface area contributed by atoms with E-state index in [-0.39, 0.29) is 23.3 Å². The molecule has 0 unspecified atom stereocenters. The highest BCUT2D eigenvalue weighted by atomic mass is 32.2. The van der Waals surface area contributed by atoms with Crippen LogP contribution in [0.2, 0.25) is 0 Å². The maximum absolute atomic E-state index is 14.1. The van der Waals surface area contributed by atoms with Crippen LogP contribution in [0.5, 0.6) is 5.75 Å². The minimum absolute atomic E-state index is 0.0265. The average molecular weight is 580 g/mol. The van der Waals surface area contributed by atoms with E-state index >= 15 is 0 Å². The van der Waals surface area contributed by atoms with Gasteiger partial charge in [-0.1, -0.05) is 68.3 Å². The van der Waals surface area contributed by atoms with E-state index in [1.807, 2.05) is 58.9 Å². The Labute approximate surface area is 244 Å². The van der Waals surface area contributed by atoms with E-state index in [1.165, 1.54) is 24.1 Å². The Bertz CT molecular complexity index is 1420. The SMILES string of the molecule is CC[C@H](C(=O)NCC(C)C)N(Cc1cccc(C)c1)C(=O)CN(c1ccc(C)cc1)S(=O)(=O)c1ccc(OC)cc1. The predicted molar refractivity (Wildman–Crippen MR) is 162 cm³/mol. The molecule has 220 valence electrons. The number of carbonyl (C=O) groups excluding carboxylic acids is 2. The van der Waals surface area contributed by atoms with Crippen molar-refractivity contribution in [2.45, 2.75) is 58.5 Å². The van der Waals surface area contributed by atoms with Crippen LogP contribution >= 0.6 is 0 Å². The lowest BCUT2D eigenvalue weighted by molar-refractivity contribution is -0.140. The van der Waals surface area contributed by atoms with E-state index in [1.54, 1.807) is 36.4 Å². The van der Waals surface area contributed by atoms with Gasteiger partial charge >= 0.3 is 0 Å². The Kier molecular flexibility index (Phi) is 10.9. The van der Waals surface area contributed by atoms with Crippen molar-refractivity contribution in [1.29, 1.82) is 0 Å². The molecule has 0 aromatic heterocycles. The number of ether oxygens (including phenoxy) is 1. The molecule has 8 nitrogen and oxygen atoms in total. The third-order valence-electron chi connectivity index (χ3n) is 6.75. The number of hydrogen-bond donors (Lipinski definition) is 1. The van der Waals surface area contributed by atoms with E-state index in [2.05, 4.69) is 5.32 Å². The van der Waals surface area contributed by atoms with Crippen molar-refractivity contribution in [1.82, 2.24) is 10.2 Å². The van der Waals surface area contributed by atoms with E-state index in [0.29, 0.717) is 24.4 Å². The molecule has 0 bridgehead atoms. The number of nitrogens with one attached hydrogen (secondary N) is 1. The molecule has 1 N–H and O–H groups in total. The number of amides is 2. The second-order valence-electron chi connectivity index (χ2n) is 10.6. The van der Waals surface area contributed by atoms with Gasteiger partial charge in [-0.05, 0) is 68.1 Å². The number of rotatable bonds is 13. The summed E-state index contributed by atoms with van der Waals surface area (Å²) in [7, 11) is -2.64. The summed E-state index contributed by atoms with van der Waals surface area (Å²) in [6, 6.07) is 20.0. The van der Waals surface area contributed by atoms with Crippen LogP contribution in [-0.4, -0.2) is 51.4 Å². The highest BCUT2D eigenvalue weighted by molar-refractivity contribution is 7.92. The summed E-state index contributed by atoms with van der Waals surface area (Å²) >= 11 is 0. The molecule has 0 saturated heterocycles. The molecular formula is C32H41N3O5S. The lowest BCUT2D eigenvalue weighted by atomic mass is 10.1. The average Bonchev–Trinajstić information content (AvgIpc) is 2.95. The first-order chi connectivity index (χ1) is 19.5. The normalized spacial score (nSPS) is 12.1. The van der Waals surface area contributed by atoms with Crippen molar-refractivity contribution in [3.8, 4) is 5.75 Å². The van der Waals surface area contributed by atoms with Gasteiger partial charge in [0.05, 0.1) is 17.7 Å². The molecule has 3 rings (SSSR count). The van der Waals surface area contributed by atoms with Crippen LogP contribution < -0.4 is 14.4 Å². The topological polar surface area (TPSA) is 96.0 Å². The molecule has 2 amide bonds. The summed E-state index contributed by atoms with van der Waals surface area (Å²) in [5, 5.41) is 2.95. The zero-order valence-corrected chi connectivity index (χ0v) is 25.6. The van der Waals surface area contributed by atoms with Crippen molar-refractivity contribution in [2.24, 2.45) is 5.92 Å². The monoisotopic (exact) mass is 579 g/mol. The molecule has 1 atom stereocenters. The van der Waals surface area contributed by atoms with Crippen LogP contribution in [0.15, 0.2) is 77.7 Å². The number of aryl methyl sites for hydroxylation is 2. The number of benzene rings is 3. The van der Waals surface area contributed by atoms with E-state index in [4.69, 9.17) is 4.74 Å². The number of nitrogens with zero attached hydrogens (tertiary/aromatic N) is 2. The summed E-state index contributed by atoms with van der Waals surface area (Å²) in [6.07, 6.45) is 0.372. The van der Waals surface area contributed by atoms with Crippen LogP contribution in [0.25, 0.3) is 0 Å². The number of methoxy groups -OCH3 is 1. The number of sulfonamides is 1. The first kappa shape index (κ1) is 31.7. The van der Waals surface area contributed by atoms with Gasteiger partial charge in [-0.15, -0.1) is 0 Å².